The van der Waals surface area contributed by atoms with E-state index < -0.39 is 0 Å². The second-order valence-electron chi connectivity index (χ2n) is 5.28. The Labute approximate surface area is 94.9 Å². The third-order valence-electron chi connectivity index (χ3n) is 2.47. The highest BCUT2D eigenvalue weighted by Gasteiger charge is 2.19. The molecule has 0 aromatic carbocycles. The predicted molar refractivity (Wildman–Crippen MR) is 64.5 cm³/mol. The van der Waals surface area contributed by atoms with E-state index in [0.717, 1.165) is 16.5 Å². The number of aromatic amines is 1. The van der Waals surface area contributed by atoms with Gasteiger partial charge in [-0.05, 0) is 11.5 Å². The largest absolute Gasteiger partial charge is 0.360 e. The fraction of sp³-hybridized carbons (Fsp3) is 0.385. The number of carbonyl (C=O) groups excluding carboxylic acids is 1. The van der Waals surface area contributed by atoms with E-state index >= 15 is 0 Å². The van der Waals surface area contributed by atoms with Crippen LogP contribution < -0.4 is 0 Å². The molecule has 0 radical (unpaired) electrons. The van der Waals surface area contributed by atoms with Crippen LogP contribution in [0.1, 0.15) is 37.6 Å². The van der Waals surface area contributed by atoms with E-state index in [4.69, 9.17) is 0 Å². The zero-order valence-corrected chi connectivity index (χ0v) is 9.87. The Hall–Kier alpha value is -1.64. The van der Waals surface area contributed by atoms with Gasteiger partial charge in [-0.15, -0.1) is 0 Å². The van der Waals surface area contributed by atoms with Crippen molar-refractivity contribution in [2.24, 2.45) is 5.41 Å². The van der Waals surface area contributed by atoms with Gasteiger partial charge >= 0.3 is 0 Å². The summed E-state index contributed by atoms with van der Waals surface area (Å²) in [7, 11) is 0. The van der Waals surface area contributed by atoms with Crippen LogP contribution in [-0.2, 0) is 0 Å². The van der Waals surface area contributed by atoms with Crippen molar-refractivity contribution in [1.82, 2.24) is 9.97 Å². The van der Waals surface area contributed by atoms with E-state index in [2.05, 4.69) is 30.7 Å². The summed E-state index contributed by atoms with van der Waals surface area (Å²) >= 11 is 0. The van der Waals surface area contributed by atoms with Crippen molar-refractivity contribution < 1.29 is 4.79 Å². The van der Waals surface area contributed by atoms with Crippen molar-refractivity contribution in [2.45, 2.75) is 27.2 Å². The highest BCUT2D eigenvalue weighted by Crippen LogP contribution is 2.24. The average Bonchev–Trinajstić information content (AvgIpc) is 2.58. The molecule has 2 aromatic rings. The molecule has 2 heterocycles. The average molecular weight is 216 g/mol. The number of rotatable bonds is 2. The van der Waals surface area contributed by atoms with Crippen molar-refractivity contribution in [1.29, 1.82) is 0 Å². The summed E-state index contributed by atoms with van der Waals surface area (Å²) in [5, 5.41) is 0.914. The van der Waals surface area contributed by atoms with Gasteiger partial charge in [0.05, 0.1) is 0 Å². The quantitative estimate of drug-likeness (QED) is 0.783. The second kappa shape index (κ2) is 3.74. The van der Waals surface area contributed by atoms with Crippen LogP contribution in [-0.4, -0.2) is 15.8 Å². The number of fused-ring (bicyclic) bond motifs is 1. The van der Waals surface area contributed by atoms with Crippen molar-refractivity contribution in [3.8, 4) is 0 Å². The third-order valence-corrected chi connectivity index (χ3v) is 2.47. The van der Waals surface area contributed by atoms with Crippen LogP contribution in [0.2, 0.25) is 0 Å². The number of hydrogen-bond acceptors (Lipinski definition) is 2. The van der Waals surface area contributed by atoms with E-state index in [1.165, 1.54) is 0 Å². The van der Waals surface area contributed by atoms with Crippen LogP contribution in [0, 0.1) is 5.41 Å². The molecule has 2 rings (SSSR count). The molecular weight excluding hydrogens is 200 g/mol. The zero-order valence-electron chi connectivity index (χ0n) is 9.87. The fourth-order valence-corrected chi connectivity index (χ4v) is 1.77. The van der Waals surface area contributed by atoms with Crippen LogP contribution in [0.3, 0.4) is 0 Å². The van der Waals surface area contributed by atoms with Crippen LogP contribution in [0.15, 0.2) is 24.7 Å². The Balaban J connectivity index is 2.37. The number of nitrogens with one attached hydrogen (secondary N) is 1. The SMILES string of the molecule is CC(C)(C)CC(=O)c1c[nH]c2ccncc12. The molecule has 3 nitrogen and oxygen atoms in total. The van der Waals surface area contributed by atoms with Crippen LogP contribution in [0.4, 0.5) is 0 Å². The zero-order chi connectivity index (χ0) is 11.8. The number of Topliss-reactive ketones (excluding diaryl/α,β-unsaturated/α-hetero) is 1. The lowest BCUT2D eigenvalue weighted by molar-refractivity contribution is 0.0941. The van der Waals surface area contributed by atoms with E-state index in [-0.39, 0.29) is 11.2 Å². The Morgan fingerprint density at radius 2 is 2.19 bits per heavy atom. The molecule has 0 aliphatic carbocycles. The highest BCUT2D eigenvalue weighted by molar-refractivity contribution is 6.07. The monoisotopic (exact) mass is 216 g/mol. The van der Waals surface area contributed by atoms with E-state index in [9.17, 15) is 4.79 Å². The molecule has 0 spiro atoms. The first-order chi connectivity index (χ1) is 7.47. The molecule has 0 unspecified atom stereocenters. The Bertz CT molecular complexity index is 520. The minimum atomic E-state index is 0.0168. The fourth-order valence-electron chi connectivity index (χ4n) is 1.77. The summed E-state index contributed by atoms with van der Waals surface area (Å²) in [4.78, 5) is 19.2. The Morgan fingerprint density at radius 1 is 1.44 bits per heavy atom. The molecule has 1 N–H and O–H groups in total. The maximum Gasteiger partial charge on any atom is 0.165 e. The van der Waals surface area contributed by atoms with Crippen molar-refractivity contribution in [3.63, 3.8) is 0 Å². The van der Waals surface area contributed by atoms with Gasteiger partial charge in [-0.3, -0.25) is 9.78 Å². The number of pyridine rings is 1. The first kappa shape index (κ1) is 10.9. The second-order valence-corrected chi connectivity index (χ2v) is 5.28. The lowest BCUT2D eigenvalue weighted by Crippen LogP contribution is -2.12. The summed E-state index contributed by atoms with van der Waals surface area (Å²) in [6.07, 6.45) is 5.79. The molecule has 2 aromatic heterocycles. The standard InChI is InChI=1S/C13H16N2O/c1-13(2,3)6-12(16)10-8-15-11-4-5-14-7-9(10)11/h4-5,7-8,15H,6H2,1-3H3. The molecule has 84 valence electrons. The lowest BCUT2D eigenvalue weighted by Gasteiger charge is -2.16. The molecule has 0 aliphatic rings. The van der Waals surface area contributed by atoms with Crippen LogP contribution in [0.25, 0.3) is 10.9 Å². The lowest BCUT2D eigenvalue weighted by atomic mass is 9.88. The molecule has 3 heteroatoms. The van der Waals surface area contributed by atoms with Gasteiger partial charge in [0.15, 0.2) is 5.78 Å². The minimum Gasteiger partial charge on any atom is -0.360 e. The predicted octanol–water partition coefficient (Wildman–Crippen LogP) is 3.18. The van der Waals surface area contributed by atoms with Gasteiger partial charge in [-0.1, -0.05) is 20.8 Å². The number of ketones is 1. The molecule has 0 atom stereocenters. The highest BCUT2D eigenvalue weighted by atomic mass is 16.1. The Morgan fingerprint density at radius 3 is 2.88 bits per heavy atom. The number of hydrogen-bond donors (Lipinski definition) is 1. The third kappa shape index (κ3) is 2.13. The summed E-state index contributed by atoms with van der Waals surface area (Å²) in [5.41, 5.74) is 1.73. The number of H-pyrrole nitrogens is 1. The van der Waals surface area contributed by atoms with Gasteiger partial charge < -0.3 is 4.98 Å². The van der Waals surface area contributed by atoms with Crippen molar-refractivity contribution in [2.75, 3.05) is 0 Å². The van der Waals surface area contributed by atoms with E-state index in [0.29, 0.717) is 6.42 Å². The van der Waals surface area contributed by atoms with Crippen molar-refractivity contribution >= 4 is 16.7 Å². The van der Waals surface area contributed by atoms with Gasteiger partial charge in [-0.25, -0.2) is 0 Å². The molecule has 0 saturated heterocycles. The first-order valence-corrected chi connectivity index (χ1v) is 5.42. The topological polar surface area (TPSA) is 45.8 Å². The summed E-state index contributed by atoms with van der Waals surface area (Å²) in [6, 6.07) is 1.88. The minimum absolute atomic E-state index is 0.0168. The normalized spacial score (nSPS) is 11.9. The van der Waals surface area contributed by atoms with Crippen LogP contribution >= 0.6 is 0 Å². The molecule has 0 fully saturated rings. The van der Waals surface area contributed by atoms with Gasteiger partial charge in [0.2, 0.25) is 0 Å². The Kier molecular flexibility index (Phi) is 2.54. The van der Waals surface area contributed by atoms with Crippen LogP contribution in [0.5, 0.6) is 0 Å². The maximum absolute atomic E-state index is 12.1. The van der Waals surface area contributed by atoms with Gasteiger partial charge in [0, 0.05) is 41.5 Å². The number of aromatic nitrogens is 2. The molecule has 0 aliphatic heterocycles. The van der Waals surface area contributed by atoms with Gasteiger partial charge in [0.25, 0.3) is 0 Å². The summed E-state index contributed by atoms with van der Waals surface area (Å²) in [5.74, 6) is 0.173. The summed E-state index contributed by atoms with van der Waals surface area (Å²) in [6.45, 7) is 6.20. The number of carbonyl (C=O) groups is 1. The molecule has 0 amide bonds. The van der Waals surface area contributed by atoms with Crippen molar-refractivity contribution in [3.05, 3.63) is 30.2 Å². The molecule has 0 saturated carbocycles. The summed E-state index contributed by atoms with van der Waals surface area (Å²) < 4.78 is 0. The molecule has 16 heavy (non-hydrogen) atoms. The van der Waals surface area contributed by atoms with Gasteiger partial charge in [-0.2, -0.15) is 0 Å². The first-order valence-electron chi connectivity index (χ1n) is 5.42. The molecule has 0 bridgehead atoms. The maximum atomic E-state index is 12.1. The number of nitrogens with zero attached hydrogens (tertiary/aromatic N) is 1. The van der Waals surface area contributed by atoms with Gasteiger partial charge in [0.1, 0.15) is 0 Å². The van der Waals surface area contributed by atoms with E-state index in [1.54, 1.807) is 18.6 Å². The molecular formula is C13H16N2O. The smallest absolute Gasteiger partial charge is 0.165 e. The van der Waals surface area contributed by atoms with E-state index in [1.807, 2.05) is 6.07 Å².